The van der Waals surface area contributed by atoms with E-state index in [1.807, 2.05) is 51.1 Å². The Morgan fingerprint density at radius 3 is 2.54 bits per heavy atom. The minimum atomic E-state index is -0.755. The monoisotopic (exact) mass is 382 g/mol. The maximum Gasteiger partial charge on any atom is 0.410 e. The fourth-order valence-corrected chi connectivity index (χ4v) is 3.20. The van der Waals surface area contributed by atoms with Gasteiger partial charge in [-0.15, -0.1) is 11.6 Å². The van der Waals surface area contributed by atoms with E-state index in [1.54, 1.807) is 4.90 Å². The summed E-state index contributed by atoms with van der Waals surface area (Å²) in [6.07, 6.45) is -0.354. The molecule has 6 nitrogen and oxygen atoms in total. The maximum absolute atomic E-state index is 12.7. The van der Waals surface area contributed by atoms with Crippen LogP contribution in [0.15, 0.2) is 30.3 Å². The van der Waals surface area contributed by atoms with Crippen molar-refractivity contribution in [2.24, 2.45) is 0 Å². The molecule has 0 aliphatic carbocycles. The molecule has 1 heterocycles. The van der Waals surface area contributed by atoms with Gasteiger partial charge in [-0.3, -0.25) is 4.79 Å². The first-order valence-electron chi connectivity index (χ1n) is 8.78. The molecule has 0 aromatic heterocycles. The molecule has 7 heteroatoms. The number of benzene rings is 1. The van der Waals surface area contributed by atoms with Crippen molar-refractivity contribution in [2.45, 2.75) is 57.4 Å². The van der Waals surface area contributed by atoms with Gasteiger partial charge in [0.15, 0.2) is 0 Å². The number of nitrogens with zero attached hydrogens (tertiary/aromatic N) is 1. The highest BCUT2D eigenvalue weighted by molar-refractivity contribution is 6.27. The molecule has 0 bridgehead atoms. The van der Waals surface area contributed by atoms with E-state index >= 15 is 0 Å². The zero-order valence-electron chi connectivity index (χ0n) is 15.4. The molecule has 1 unspecified atom stereocenters. The summed E-state index contributed by atoms with van der Waals surface area (Å²) < 4.78 is 5.53. The van der Waals surface area contributed by atoms with Gasteiger partial charge in [0.05, 0.1) is 18.2 Å². The topological polar surface area (TPSA) is 78.9 Å². The third-order valence-corrected chi connectivity index (χ3v) is 4.50. The number of ether oxygens (including phenoxy) is 1. The zero-order valence-corrected chi connectivity index (χ0v) is 16.2. The molecule has 1 saturated heterocycles. The number of aliphatic hydroxyl groups is 1. The number of amides is 2. The zero-order chi connectivity index (χ0) is 19.3. The molecule has 3 atom stereocenters. The second-order valence-electron chi connectivity index (χ2n) is 7.51. The van der Waals surface area contributed by atoms with E-state index in [-0.39, 0.29) is 11.8 Å². The molecule has 2 amide bonds. The van der Waals surface area contributed by atoms with Crippen LogP contribution in [0.2, 0.25) is 0 Å². The van der Waals surface area contributed by atoms with Gasteiger partial charge in [0, 0.05) is 6.54 Å². The highest BCUT2D eigenvalue weighted by Crippen LogP contribution is 2.24. The number of rotatable bonds is 4. The summed E-state index contributed by atoms with van der Waals surface area (Å²) in [5.74, 6) is -0.576. The van der Waals surface area contributed by atoms with Gasteiger partial charge in [0.2, 0.25) is 5.91 Å². The number of alkyl halides is 1. The van der Waals surface area contributed by atoms with E-state index in [9.17, 15) is 14.7 Å². The van der Waals surface area contributed by atoms with Crippen LogP contribution >= 0.6 is 11.6 Å². The SMILES string of the molecule is CC(C)(C)OC(=O)N1CC[C@H](O)[C@@H](NC(=O)CCl)C1Cc1ccccc1. The number of nitrogens with one attached hydrogen (secondary N) is 1. The Hall–Kier alpha value is -1.79. The van der Waals surface area contributed by atoms with Crippen LogP contribution in [-0.2, 0) is 16.0 Å². The first-order chi connectivity index (χ1) is 12.2. The van der Waals surface area contributed by atoms with Crippen molar-refractivity contribution in [1.82, 2.24) is 10.2 Å². The number of hydrogen-bond acceptors (Lipinski definition) is 4. The highest BCUT2D eigenvalue weighted by atomic mass is 35.5. The van der Waals surface area contributed by atoms with Crippen molar-refractivity contribution in [3.8, 4) is 0 Å². The standard InChI is InChI=1S/C19H27ClN2O4/c1-19(2,3)26-18(25)22-10-9-15(23)17(21-16(24)12-20)14(22)11-13-7-5-4-6-8-13/h4-8,14-15,17,23H,9-12H2,1-3H3,(H,21,24)/t14?,15-,17-/m0/s1. The molecule has 1 aliphatic heterocycles. The largest absolute Gasteiger partial charge is 0.444 e. The Kier molecular flexibility index (Phi) is 6.89. The molecule has 1 aromatic rings. The number of carbonyl (C=O) groups is 2. The molecule has 0 saturated carbocycles. The molecule has 0 radical (unpaired) electrons. The summed E-state index contributed by atoms with van der Waals surface area (Å²) in [6, 6.07) is 8.62. The summed E-state index contributed by atoms with van der Waals surface area (Å²) in [5, 5.41) is 13.2. The van der Waals surface area contributed by atoms with Crippen LogP contribution in [-0.4, -0.2) is 58.2 Å². The van der Waals surface area contributed by atoms with Crippen LogP contribution < -0.4 is 5.32 Å². The summed E-state index contributed by atoms with van der Waals surface area (Å²) in [7, 11) is 0. The third-order valence-electron chi connectivity index (χ3n) is 4.26. The molecule has 144 valence electrons. The smallest absolute Gasteiger partial charge is 0.410 e. The Labute approximate surface area is 159 Å². The molecule has 26 heavy (non-hydrogen) atoms. The van der Waals surface area contributed by atoms with E-state index in [0.29, 0.717) is 19.4 Å². The van der Waals surface area contributed by atoms with Gasteiger partial charge in [0.1, 0.15) is 11.5 Å². The summed E-state index contributed by atoms with van der Waals surface area (Å²) >= 11 is 5.61. The Bertz CT molecular complexity index is 618. The predicted octanol–water partition coefficient (Wildman–Crippen LogP) is 2.32. The third kappa shape index (κ3) is 5.61. The van der Waals surface area contributed by atoms with Crippen LogP contribution in [0.5, 0.6) is 0 Å². The molecule has 0 spiro atoms. The highest BCUT2D eigenvalue weighted by Gasteiger charge is 2.41. The fourth-order valence-electron chi connectivity index (χ4n) is 3.12. The molecule has 2 rings (SSSR count). The number of hydrogen-bond donors (Lipinski definition) is 2. The maximum atomic E-state index is 12.7. The van der Waals surface area contributed by atoms with E-state index in [1.165, 1.54) is 0 Å². The average molecular weight is 383 g/mol. The van der Waals surface area contributed by atoms with Gasteiger partial charge in [-0.1, -0.05) is 30.3 Å². The lowest BCUT2D eigenvalue weighted by Crippen LogP contribution is -2.64. The minimum Gasteiger partial charge on any atom is -0.444 e. The number of carbonyl (C=O) groups excluding carboxylic acids is 2. The molecule has 1 aromatic carbocycles. The van der Waals surface area contributed by atoms with Gasteiger partial charge in [0.25, 0.3) is 0 Å². The first kappa shape index (κ1) is 20.5. The Morgan fingerprint density at radius 2 is 1.96 bits per heavy atom. The van der Waals surface area contributed by atoms with Crippen molar-refractivity contribution in [3.05, 3.63) is 35.9 Å². The Balaban J connectivity index is 2.28. The van der Waals surface area contributed by atoms with Crippen molar-refractivity contribution in [1.29, 1.82) is 0 Å². The van der Waals surface area contributed by atoms with Gasteiger partial charge in [-0.2, -0.15) is 0 Å². The molecular weight excluding hydrogens is 356 g/mol. The van der Waals surface area contributed by atoms with Crippen LogP contribution in [0.3, 0.4) is 0 Å². The van der Waals surface area contributed by atoms with E-state index in [4.69, 9.17) is 16.3 Å². The molecular formula is C19H27ClN2O4. The number of halogens is 1. The number of aliphatic hydroxyl groups excluding tert-OH is 1. The molecule has 1 aliphatic rings. The van der Waals surface area contributed by atoms with Crippen LogP contribution in [0.1, 0.15) is 32.8 Å². The summed E-state index contributed by atoms with van der Waals surface area (Å²) in [6.45, 7) is 5.79. The van der Waals surface area contributed by atoms with Crippen molar-refractivity contribution in [3.63, 3.8) is 0 Å². The van der Waals surface area contributed by atoms with E-state index in [2.05, 4.69) is 5.32 Å². The second-order valence-corrected chi connectivity index (χ2v) is 7.78. The number of likely N-dealkylation sites (tertiary alicyclic amines) is 1. The molecule has 2 N–H and O–H groups in total. The van der Waals surface area contributed by atoms with Crippen molar-refractivity contribution < 1.29 is 19.4 Å². The van der Waals surface area contributed by atoms with E-state index < -0.39 is 29.9 Å². The second kappa shape index (κ2) is 8.73. The van der Waals surface area contributed by atoms with E-state index in [0.717, 1.165) is 5.56 Å². The average Bonchev–Trinajstić information content (AvgIpc) is 2.57. The molecule has 1 fully saturated rings. The lowest BCUT2D eigenvalue weighted by Gasteiger charge is -2.44. The van der Waals surface area contributed by atoms with Crippen molar-refractivity contribution in [2.75, 3.05) is 12.4 Å². The normalized spacial score (nSPS) is 23.4. The van der Waals surface area contributed by atoms with Gasteiger partial charge in [-0.25, -0.2) is 4.79 Å². The van der Waals surface area contributed by atoms with Crippen LogP contribution in [0, 0.1) is 0 Å². The summed E-state index contributed by atoms with van der Waals surface area (Å²) in [4.78, 5) is 26.1. The fraction of sp³-hybridized carbons (Fsp3) is 0.579. The summed E-state index contributed by atoms with van der Waals surface area (Å²) in [5.41, 5.74) is 0.379. The van der Waals surface area contributed by atoms with Gasteiger partial charge < -0.3 is 20.1 Å². The lowest BCUT2D eigenvalue weighted by atomic mass is 9.89. The van der Waals surface area contributed by atoms with Crippen LogP contribution in [0.4, 0.5) is 4.79 Å². The lowest BCUT2D eigenvalue weighted by molar-refractivity contribution is -0.122. The Morgan fingerprint density at radius 1 is 1.31 bits per heavy atom. The van der Waals surface area contributed by atoms with Crippen LogP contribution in [0.25, 0.3) is 0 Å². The van der Waals surface area contributed by atoms with Gasteiger partial charge >= 0.3 is 6.09 Å². The number of piperidine rings is 1. The predicted molar refractivity (Wildman–Crippen MR) is 100 cm³/mol. The minimum absolute atomic E-state index is 0.201. The van der Waals surface area contributed by atoms with Gasteiger partial charge in [-0.05, 0) is 39.2 Å². The first-order valence-corrected chi connectivity index (χ1v) is 9.31. The van der Waals surface area contributed by atoms with Crippen molar-refractivity contribution >= 4 is 23.6 Å². The quantitative estimate of drug-likeness (QED) is 0.783.